The number of alkyl halides is 3. The maximum atomic E-state index is 13.1. The summed E-state index contributed by atoms with van der Waals surface area (Å²) in [5, 5.41) is 12.3. The van der Waals surface area contributed by atoms with Gasteiger partial charge in [-0.2, -0.15) is 13.2 Å². The van der Waals surface area contributed by atoms with Gasteiger partial charge in [0.15, 0.2) is 6.29 Å². The van der Waals surface area contributed by atoms with Gasteiger partial charge in [-0.1, -0.05) is 78.9 Å². The van der Waals surface area contributed by atoms with Crippen LogP contribution in [0.25, 0.3) is 22.2 Å². The standard InChI is InChI=1S/C44H46F3N5O6/c45-44(46,47)42(55)51-20-4-9-38(51)40(54)48-25-29-5-3-6-33(23-29)30-14-16-32(17-15-30)41-57-35(24-39(58-41)31-12-10-28(27-53)11-13-31)26-50-21-18-34(19-22-50)52-37-8-2-1-7-36(37)49-43(52)56/h1-3,5-8,10-17,23,34-35,38-39,41,53H,4,9,18-22,24-27H2,(H,48,54)(H,49,56). The topological polar surface area (TPSA) is 129 Å². The van der Waals surface area contributed by atoms with E-state index in [0.717, 1.165) is 70.3 Å². The van der Waals surface area contributed by atoms with E-state index in [1.54, 1.807) is 0 Å². The Morgan fingerprint density at radius 1 is 0.828 bits per heavy atom. The van der Waals surface area contributed by atoms with Crippen LogP contribution in [0.3, 0.4) is 0 Å². The van der Waals surface area contributed by atoms with Crippen molar-refractivity contribution in [1.29, 1.82) is 0 Å². The Bertz CT molecular complexity index is 2280. The highest BCUT2D eigenvalue weighted by Crippen LogP contribution is 2.39. The Morgan fingerprint density at radius 3 is 2.31 bits per heavy atom. The van der Waals surface area contributed by atoms with E-state index in [1.165, 1.54) is 0 Å². The second-order valence-corrected chi connectivity index (χ2v) is 15.4. The molecule has 0 radical (unpaired) electrons. The number of aliphatic hydroxyl groups excluding tert-OH is 1. The van der Waals surface area contributed by atoms with Crippen molar-refractivity contribution in [3.8, 4) is 11.1 Å². The summed E-state index contributed by atoms with van der Waals surface area (Å²) in [6, 6.07) is 30.0. The number of nitrogens with zero attached hydrogens (tertiary/aromatic N) is 3. The molecular weight excluding hydrogens is 752 g/mol. The van der Waals surface area contributed by atoms with Crippen molar-refractivity contribution < 1.29 is 37.3 Å². The number of rotatable bonds is 10. The van der Waals surface area contributed by atoms with Gasteiger partial charge in [-0.05, 0) is 71.7 Å². The predicted molar refractivity (Wildman–Crippen MR) is 210 cm³/mol. The number of aliphatic hydroxyl groups is 1. The minimum atomic E-state index is -5.03. The second kappa shape index (κ2) is 16.9. The zero-order valence-electron chi connectivity index (χ0n) is 31.9. The summed E-state index contributed by atoms with van der Waals surface area (Å²) in [4.78, 5) is 43.6. The third-order valence-corrected chi connectivity index (χ3v) is 11.6. The molecule has 58 heavy (non-hydrogen) atoms. The molecule has 11 nitrogen and oxygen atoms in total. The van der Waals surface area contributed by atoms with Crippen LogP contribution in [0, 0.1) is 0 Å². The summed E-state index contributed by atoms with van der Waals surface area (Å²) in [6.45, 7) is 2.31. The van der Waals surface area contributed by atoms with Gasteiger partial charge < -0.3 is 34.7 Å². The van der Waals surface area contributed by atoms with Gasteiger partial charge in [-0.3, -0.25) is 14.2 Å². The van der Waals surface area contributed by atoms with Crippen LogP contribution in [-0.4, -0.2) is 80.8 Å². The molecule has 3 fully saturated rings. The Morgan fingerprint density at radius 2 is 1.57 bits per heavy atom. The molecule has 0 spiro atoms. The largest absolute Gasteiger partial charge is 0.471 e. The number of H-pyrrole nitrogens is 1. The van der Waals surface area contributed by atoms with E-state index in [4.69, 9.17) is 9.47 Å². The third kappa shape index (κ3) is 8.60. The number of piperidine rings is 1. The smallest absolute Gasteiger partial charge is 0.392 e. The fraction of sp³-hybridized carbons (Fsp3) is 0.386. The summed E-state index contributed by atoms with van der Waals surface area (Å²) >= 11 is 0. The Kier molecular flexibility index (Phi) is 11.5. The molecule has 14 heteroatoms. The van der Waals surface area contributed by atoms with Crippen molar-refractivity contribution in [1.82, 2.24) is 24.7 Å². The number of carbonyl (C=O) groups excluding carboxylic acids is 2. The highest BCUT2D eigenvalue weighted by atomic mass is 19.4. The van der Waals surface area contributed by atoms with Crippen molar-refractivity contribution in [2.24, 2.45) is 0 Å². The summed E-state index contributed by atoms with van der Waals surface area (Å²) in [5.74, 6) is -2.59. The zero-order valence-corrected chi connectivity index (χ0v) is 31.9. The van der Waals surface area contributed by atoms with E-state index < -0.39 is 30.3 Å². The predicted octanol–water partition coefficient (Wildman–Crippen LogP) is 6.54. The third-order valence-electron chi connectivity index (χ3n) is 11.6. The van der Waals surface area contributed by atoms with Crippen LogP contribution in [0.15, 0.2) is 102 Å². The number of benzene rings is 4. The van der Waals surface area contributed by atoms with Gasteiger partial charge in [0.05, 0.1) is 29.8 Å². The van der Waals surface area contributed by atoms with Crippen LogP contribution in [0.4, 0.5) is 13.2 Å². The summed E-state index contributed by atoms with van der Waals surface area (Å²) in [6.07, 6.45) is -3.20. The first-order valence-electron chi connectivity index (χ1n) is 19.8. The summed E-state index contributed by atoms with van der Waals surface area (Å²) in [5.41, 5.74) is 6.93. The molecule has 4 unspecified atom stereocenters. The lowest BCUT2D eigenvalue weighted by Crippen LogP contribution is -2.50. The average molecular weight is 798 g/mol. The summed E-state index contributed by atoms with van der Waals surface area (Å²) < 4.78 is 54.4. The first-order chi connectivity index (χ1) is 28.0. The van der Waals surface area contributed by atoms with Gasteiger partial charge in [0.25, 0.3) is 0 Å². The van der Waals surface area contributed by atoms with Crippen molar-refractivity contribution in [2.45, 2.75) is 82.0 Å². The lowest BCUT2D eigenvalue weighted by Gasteiger charge is -2.40. The van der Waals surface area contributed by atoms with E-state index >= 15 is 0 Å². The number of imidazole rings is 1. The van der Waals surface area contributed by atoms with Crippen LogP contribution < -0.4 is 11.0 Å². The highest BCUT2D eigenvalue weighted by Gasteiger charge is 2.47. The molecule has 5 aromatic rings. The SMILES string of the molecule is O=C(NCc1cccc(-c2ccc(C3OC(CN4CCC(n5c(=O)[nH]c6ccccc65)CC4)CC(c4ccc(CO)cc4)O3)cc2)c1)C1CCCN1C(=O)C(F)(F)F. The van der Waals surface area contributed by atoms with Gasteiger partial charge in [0.2, 0.25) is 5.91 Å². The molecular formula is C44H46F3N5O6. The second-order valence-electron chi connectivity index (χ2n) is 15.4. The molecule has 1 aromatic heterocycles. The number of hydrogen-bond donors (Lipinski definition) is 3. The van der Waals surface area contributed by atoms with Crippen LogP contribution in [0.2, 0.25) is 0 Å². The number of nitrogens with one attached hydrogen (secondary N) is 2. The van der Waals surface area contributed by atoms with E-state index in [9.17, 15) is 32.7 Å². The maximum absolute atomic E-state index is 13.1. The number of para-hydroxylation sites is 2. The number of aromatic nitrogens is 2. The fourth-order valence-electron chi connectivity index (χ4n) is 8.56. The minimum Gasteiger partial charge on any atom is -0.392 e. The molecule has 3 aliphatic rings. The number of halogens is 3. The van der Waals surface area contributed by atoms with Crippen LogP contribution >= 0.6 is 0 Å². The first kappa shape index (κ1) is 39.5. The number of amides is 2. The van der Waals surface area contributed by atoms with E-state index in [-0.39, 0.29) is 50.1 Å². The van der Waals surface area contributed by atoms with Crippen LogP contribution in [-0.2, 0) is 32.2 Å². The lowest BCUT2D eigenvalue weighted by atomic mass is 9.98. The van der Waals surface area contributed by atoms with Gasteiger partial charge in [-0.25, -0.2) is 4.79 Å². The van der Waals surface area contributed by atoms with Crippen molar-refractivity contribution in [2.75, 3.05) is 26.2 Å². The molecule has 3 saturated heterocycles. The molecule has 2 amide bonds. The van der Waals surface area contributed by atoms with E-state index in [2.05, 4.69) is 15.2 Å². The van der Waals surface area contributed by atoms with E-state index in [0.29, 0.717) is 24.3 Å². The van der Waals surface area contributed by atoms with Crippen LogP contribution in [0.5, 0.6) is 0 Å². The molecule has 0 saturated carbocycles. The molecule has 8 rings (SSSR count). The number of likely N-dealkylation sites (tertiary alicyclic amines) is 2. The van der Waals surface area contributed by atoms with Crippen LogP contribution in [0.1, 0.15) is 72.8 Å². The van der Waals surface area contributed by atoms with Gasteiger partial charge in [0.1, 0.15) is 6.04 Å². The Balaban J connectivity index is 0.929. The zero-order chi connectivity index (χ0) is 40.4. The Labute approximate surface area is 333 Å². The lowest BCUT2D eigenvalue weighted by molar-refractivity contribution is -0.253. The normalized spacial score (nSPS) is 22.0. The monoisotopic (exact) mass is 797 g/mol. The highest BCUT2D eigenvalue weighted by molar-refractivity contribution is 5.90. The number of ether oxygens (including phenoxy) is 2. The summed E-state index contributed by atoms with van der Waals surface area (Å²) in [7, 11) is 0. The molecule has 4 heterocycles. The van der Waals surface area contributed by atoms with Crippen molar-refractivity contribution >= 4 is 22.8 Å². The average Bonchev–Trinajstić information content (AvgIpc) is 3.87. The Hall–Kier alpha value is -5.28. The molecule has 304 valence electrons. The van der Waals surface area contributed by atoms with Crippen molar-refractivity contribution in [3.63, 3.8) is 0 Å². The first-order valence-corrected chi connectivity index (χ1v) is 19.8. The number of fused-ring (bicyclic) bond motifs is 1. The molecule has 4 aromatic carbocycles. The maximum Gasteiger partial charge on any atom is 0.471 e. The van der Waals surface area contributed by atoms with E-state index in [1.807, 2.05) is 102 Å². The molecule has 3 N–H and O–H groups in total. The fourth-order valence-corrected chi connectivity index (χ4v) is 8.56. The van der Waals surface area contributed by atoms with Gasteiger partial charge >= 0.3 is 17.8 Å². The molecule has 0 aliphatic carbocycles. The molecule has 4 atom stereocenters. The quantitative estimate of drug-likeness (QED) is 0.147. The van der Waals surface area contributed by atoms with Gasteiger partial charge in [0, 0.05) is 50.7 Å². The van der Waals surface area contributed by atoms with Crippen molar-refractivity contribution in [3.05, 3.63) is 130 Å². The molecule has 0 bridgehead atoms. The number of hydrogen-bond acceptors (Lipinski definition) is 7. The molecule has 3 aliphatic heterocycles. The van der Waals surface area contributed by atoms with Gasteiger partial charge in [-0.15, -0.1) is 0 Å². The minimum absolute atomic E-state index is 0.0442. The number of aromatic amines is 1. The number of carbonyl (C=O) groups is 2.